The smallest absolute Gasteiger partial charge is 0.334 e. The zero-order chi connectivity index (χ0) is 22.3. The van der Waals surface area contributed by atoms with Crippen LogP contribution in [0.2, 0.25) is 0 Å². The molecule has 7 nitrogen and oxygen atoms in total. The second-order valence-corrected chi connectivity index (χ2v) is 7.17. The van der Waals surface area contributed by atoms with E-state index in [1.165, 1.54) is 0 Å². The molecule has 2 aromatic carbocycles. The number of benzene rings is 2. The normalized spacial score (nSPS) is 11.5. The molecule has 0 amide bonds. The Morgan fingerprint density at radius 1 is 0.933 bits per heavy atom. The maximum atomic E-state index is 11.7. The summed E-state index contributed by atoms with van der Waals surface area (Å²) in [5.41, 5.74) is 1.28. The molecular weight excluding hydrogens is 386 g/mol. The summed E-state index contributed by atoms with van der Waals surface area (Å²) in [6.07, 6.45) is 1.71. The number of methoxy groups -OCH3 is 4. The van der Waals surface area contributed by atoms with Gasteiger partial charge in [-0.15, -0.1) is 0 Å². The zero-order valence-electron chi connectivity index (χ0n) is 18.8. The second-order valence-electron chi connectivity index (χ2n) is 7.17. The molecule has 0 spiro atoms. The van der Waals surface area contributed by atoms with Crippen LogP contribution in [-0.2, 0) is 9.63 Å². The first kappa shape index (κ1) is 23.3. The van der Waals surface area contributed by atoms with E-state index in [2.05, 4.69) is 19.0 Å². The van der Waals surface area contributed by atoms with Crippen LogP contribution >= 0.6 is 0 Å². The van der Waals surface area contributed by atoms with Crippen molar-refractivity contribution < 1.29 is 28.6 Å². The minimum Gasteiger partial charge on any atom is -0.496 e. The molecule has 0 saturated carbocycles. The Kier molecular flexibility index (Phi) is 8.33. The highest BCUT2D eigenvalue weighted by Crippen LogP contribution is 2.46. The van der Waals surface area contributed by atoms with Gasteiger partial charge < -0.3 is 23.8 Å². The number of rotatable bonds is 10. The fourth-order valence-electron chi connectivity index (χ4n) is 3.19. The highest BCUT2D eigenvalue weighted by molar-refractivity contribution is 6.12. The molecule has 30 heavy (non-hydrogen) atoms. The quantitative estimate of drug-likeness (QED) is 0.309. The van der Waals surface area contributed by atoms with Crippen LogP contribution < -0.4 is 18.9 Å². The van der Waals surface area contributed by atoms with Gasteiger partial charge in [0.2, 0.25) is 0 Å². The highest BCUT2D eigenvalue weighted by Gasteiger charge is 2.24. The van der Waals surface area contributed by atoms with E-state index < -0.39 is 5.97 Å². The Hall–Kier alpha value is -2.96. The van der Waals surface area contributed by atoms with Gasteiger partial charge in [-0.1, -0.05) is 25.9 Å². The summed E-state index contributed by atoms with van der Waals surface area (Å²) in [5.74, 6) is 2.41. The van der Waals surface area contributed by atoms with Gasteiger partial charge in [-0.05, 0) is 37.0 Å². The molecule has 0 radical (unpaired) electrons. The first-order chi connectivity index (χ1) is 14.4. The van der Waals surface area contributed by atoms with Crippen molar-refractivity contribution in [3.8, 4) is 23.0 Å². The third-order valence-corrected chi connectivity index (χ3v) is 4.80. The monoisotopic (exact) mass is 417 g/mol. The van der Waals surface area contributed by atoms with Crippen molar-refractivity contribution in [1.29, 1.82) is 0 Å². The third-order valence-electron chi connectivity index (χ3n) is 4.80. The first-order valence-corrected chi connectivity index (χ1v) is 9.98. The van der Waals surface area contributed by atoms with Gasteiger partial charge >= 0.3 is 5.97 Å². The number of ether oxygens (including phenoxy) is 4. The largest absolute Gasteiger partial charge is 0.496 e. The number of oxime groups is 1. The number of hydrogen-bond acceptors (Lipinski definition) is 7. The molecule has 2 aromatic rings. The standard InChI is InChI=1S/C23H31NO6/c1-8-20(25)30-24-16(10-9-14(2)3)15-13-19(28-6)21-17(26-4)11-12-18(27-5)22(21)23(15)29-7/h11-14H,8-10H2,1-7H3. The summed E-state index contributed by atoms with van der Waals surface area (Å²) in [5, 5.41) is 5.62. The van der Waals surface area contributed by atoms with E-state index >= 15 is 0 Å². The summed E-state index contributed by atoms with van der Waals surface area (Å²) in [7, 11) is 6.37. The Bertz CT molecular complexity index is 920. The van der Waals surface area contributed by atoms with Crippen molar-refractivity contribution in [1.82, 2.24) is 0 Å². The van der Waals surface area contributed by atoms with Gasteiger partial charge in [0.15, 0.2) is 0 Å². The van der Waals surface area contributed by atoms with Gasteiger partial charge in [-0.2, -0.15) is 0 Å². The molecule has 0 unspecified atom stereocenters. The molecule has 0 aliphatic rings. The lowest BCUT2D eigenvalue weighted by Crippen LogP contribution is -2.10. The molecule has 7 heteroatoms. The van der Waals surface area contributed by atoms with Gasteiger partial charge in [-0.3, -0.25) is 0 Å². The SMILES string of the molecule is CCC(=O)ON=C(CCC(C)C)c1cc(OC)c2c(OC)ccc(OC)c2c1OC. The lowest BCUT2D eigenvalue weighted by molar-refractivity contribution is -0.143. The number of hydrogen-bond donors (Lipinski definition) is 0. The van der Waals surface area contributed by atoms with Crippen LogP contribution in [0.5, 0.6) is 23.0 Å². The molecule has 164 valence electrons. The summed E-state index contributed by atoms with van der Waals surface area (Å²) in [6, 6.07) is 5.47. The molecule has 0 aromatic heterocycles. The molecule has 2 rings (SSSR count). The van der Waals surface area contributed by atoms with Crippen molar-refractivity contribution >= 4 is 22.5 Å². The number of nitrogens with zero attached hydrogens (tertiary/aromatic N) is 1. The van der Waals surface area contributed by atoms with Crippen molar-refractivity contribution in [3.05, 3.63) is 23.8 Å². The Labute approximate surface area is 177 Å². The lowest BCUT2D eigenvalue weighted by atomic mass is 9.95. The van der Waals surface area contributed by atoms with Crippen molar-refractivity contribution in [2.24, 2.45) is 11.1 Å². The third kappa shape index (κ3) is 4.96. The van der Waals surface area contributed by atoms with Crippen LogP contribution in [0.15, 0.2) is 23.4 Å². The molecule has 0 fully saturated rings. The average molecular weight is 418 g/mol. The molecule has 0 heterocycles. The van der Waals surface area contributed by atoms with Crippen LogP contribution in [0.1, 0.15) is 45.6 Å². The van der Waals surface area contributed by atoms with Crippen LogP contribution in [-0.4, -0.2) is 40.1 Å². The summed E-state index contributed by atoms with van der Waals surface area (Å²) < 4.78 is 22.6. The average Bonchev–Trinajstić information content (AvgIpc) is 2.76. The minimum atomic E-state index is -0.400. The van der Waals surface area contributed by atoms with Crippen molar-refractivity contribution in [3.63, 3.8) is 0 Å². The van der Waals surface area contributed by atoms with Gasteiger partial charge in [0.05, 0.1) is 44.9 Å². The fourth-order valence-corrected chi connectivity index (χ4v) is 3.19. The minimum absolute atomic E-state index is 0.240. The molecule has 0 saturated heterocycles. The van der Waals surface area contributed by atoms with Gasteiger partial charge in [0, 0.05) is 12.0 Å². The molecule has 0 N–H and O–H groups in total. The summed E-state index contributed by atoms with van der Waals surface area (Å²) in [6.45, 7) is 5.98. The van der Waals surface area contributed by atoms with Gasteiger partial charge in [-0.25, -0.2) is 4.79 Å². The Morgan fingerprint density at radius 3 is 2.03 bits per heavy atom. The molecule has 0 atom stereocenters. The van der Waals surface area contributed by atoms with E-state index in [4.69, 9.17) is 23.8 Å². The van der Waals surface area contributed by atoms with E-state index in [0.717, 1.165) is 11.8 Å². The Balaban J connectivity index is 2.83. The predicted octanol–water partition coefficient (Wildman–Crippen LogP) is 4.97. The number of carbonyl (C=O) groups excluding carboxylic acids is 1. The maximum absolute atomic E-state index is 11.7. The van der Waals surface area contributed by atoms with Crippen LogP contribution in [0.4, 0.5) is 0 Å². The zero-order valence-corrected chi connectivity index (χ0v) is 18.8. The topological polar surface area (TPSA) is 75.6 Å². The first-order valence-electron chi connectivity index (χ1n) is 9.98. The number of carbonyl (C=O) groups is 1. The fraction of sp³-hybridized carbons (Fsp3) is 0.478. The molecule has 0 bridgehead atoms. The maximum Gasteiger partial charge on any atom is 0.334 e. The lowest BCUT2D eigenvalue weighted by Gasteiger charge is -2.20. The van der Waals surface area contributed by atoms with Gasteiger partial charge in [0.1, 0.15) is 23.0 Å². The summed E-state index contributed by atoms with van der Waals surface area (Å²) >= 11 is 0. The number of fused-ring (bicyclic) bond motifs is 1. The van der Waals surface area contributed by atoms with E-state index in [0.29, 0.717) is 52.0 Å². The second kappa shape index (κ2) is 10.7. The predicted molar refractivity (Wildman–Crippen MR) is 117 cm³/mol. The highest BCUT2D eigenvalue weighted by atomic mass is 16.7. The van der Waals surface area contributed by atoms with Crippen molar-refractivity contribution in [2.45, 2.75) is 40.0 Å². The van der Waals surface area contributed by atoms with Crippen molar-refractivity contribution in [2.75, 3.05) is 28.4 Å². The van der Waals surface area contributed by atoms with E-state index in [1.54, 1.807) is 35.4 Å². The summed E-state index contributed by atoms with van der Waals surface area (Å²) in [4.78, 5) is 16.9. The van der Waals surface area contributed by atoms with E-state index in [1.807, 2.05) is 18.2 Å². The van der Waals surface area contributed by atoms with E-state index in [-0.39, 0.29) is 6.42 Å². The van der Waals surface area contributed by atoms with Crippen LogP contribution in [0, 0.1) is 5.92 Å². The molecule has 0 aliphatic carbocycles. The van der Waals surface area contributed by atoms with Crippen LogP contribution in [0.25, 0.3) is 10.8 Å². The molecule has 0 aliphatic heterocycles. The van der Waals surface area contributed by atoms with Crippen LogP contribution in [0.3, 0.4) is 0 Å². The molecular formula is C23H31NO6. The van der Waals surface area contributed by atoms with E-state index in [9.17, 15) is 4.79 Å². The van der Waals surface area contributed by atoms with Gasteiger partial charge in [0.25, 0.3) is 0 Å². The Morgan fingerprint density at radius 2 is 1.53 bits per heavy atom.